The molecular weight excluding hydrogens is 545 g/mol. The second-order valence-electron chi connectivity index (χ2n) is 6.17. The number of benzene rings is 2. The number of aromatic hydroxyl groups is 1. The van der Waals surface area contributed by atoms with Crippen LogP contribution < -0.4 is 10.1 Å². The average Bonchev–Trinajstić information content (AvgIpc) is 2.65. The highest BCUT2D eigenvalue weighted by atomic mass is 79.9. The molecule has 0 saturated carbocycles. The molecule has 2 rings (SSSR count). The van der Waals surface area contributed by atoms with Gasteiger partial charge in [0, 0.05) is 6.54 Å². The number of carbonyl (C=O) groups is 2. The maximum atomic E-state index is 12.2. The quantitative estimate of drug-likeness (QED) is 0.322. The van der Waals surface area contributed by atoms with E-state index in [1.807, 2.05) is 0 Å². The SMILES string of the molecule is C=CP(=O)(O)Cc1cc(Br)c(Oc2ccc(O)c(C(=O)NCCC(=O)O)c2)c(Br)c1. The summed E-state index contributed by atoms with van der Waals surface area (Å²) in [4.78, 5) is 32.5. The fourth-order valence-electron chi connectivity index (χ4n) is 2.38. The zero-order chi connectivity index (χ0) is 22.5. The first-order chi connectivity index (χ1) is 14.0. The molecular formula is C19H18Br2NO7P. The number of rotatable bonds is 9. The number of amides is 1. The van der Waals surface area contributed by atoms with E-state index in [0.717, 1.165) is 5.82 Å². The number of hydrogen-bond donors (Lipinski definition) is 4. The molecule has 2 aromatic rings. The second-order valence-corrected chi connectivity index (χ2v) is 10.1. The molecule has 0 aromatic heterocycles. The van der Waals surface area contributed by atoms with Gasteiger partial charge in [-0.2, -0.15) is 0 Å². The molecule has 30 heavy (non-hydrogen) atoms. The zero-order valence-corrected chi connectivity index (χ0v) is 19.5. The number of carboxylic acid groups (broad SMARTS) is 1. The molecule has 0 saturated heterocycles. The molecule has 1 atom stereocenters. The predicted octanol–water partition coefficient (Wildman–Crippen LogP) is 4.83. The van der Waals surface area contributed by atoms with E-state index in [9.17, 15) is 24.2 Å². The Kier molecular flexibility index (Phi) is 8.25. The van der Waals surface area contributed by atoms with Crippen molar-refractivity contribution >= 4 is 51.1 Å². The van der Waals surface area contributed by atoms with E-state index in [4.69, 9.17) is 9.84 Å². The molecule has 1 unspecified atom stereocenters. The third kappa shape index (κ3) is 6.70. The van der Waals surface area contributed by atoms with Crippen LogP contribution in [0.4, 0.5) is 0 Å². The lowest BCUT2D eigenvalue weighted by atomic mass is 10.1. The highest BCUT2D eigenvalue weighted by molar-refractivity contribution is 9.11. The van der Waals surface area contributed by atoms with Crippen LogP contribution in [0.5, 0.6) is 17.2 Å². The third-order valence-corrected chi connectivity index (χ3v) is 6.38. The van der Waals surface area contributed by atoms with Gasteiger partial charge in [0.15, 0.2) is 5.75 Å². The van der Waals surface area contributed by atoms with Gasteiger partial charge in [0.05, 0.1) is 27.1 Å². The smallest absolute Gasteiger partial charge is 0.305 e. The van der Waals surface area contributed by atoms with Gasteiger partial charge >= 0.3 is 5.97 Å². The first-order valence-electron chi connectivity index (χ1n) is 8.46. The Balaban J connectivity index is 2.24. The van der Waals surface area contributed by atoms with Crippen molar-refractivity contribution in [2.75, 3.05) is 6.54 Å². The van der Waals surface area contributed by atoms with Crippen LogP contribution in [0.25, 0.3) is 0 Å². The normalized spacial score (nSPS) is 12.6. The van der Waals surface area contributed by atoms with Crippen LogP contribution in [0.2, 0.25) is 0 Å². The van der Waals surface area contributed by atoms with Crippen LogP contribution in [0.1, 0.15) is 22.3 Å². The maximum absolute atomic E-state index is 12.2. The van der Waals surface area contributed by atoms with Crippen molar-refractivity contribution in [3.05, 3.63) is 62.8 Å². The van der Waals surface area contributed by atoms with Crippen molar-refractivity contribution in [2.24, 2.45) is 0 Å². The van der Waals surface area contributed by atoms with Gasteiger partial charge in [-0.1, -0.05) is 6.58 Å². The summed E-state index contributed by atoms with van der Waals surface area (Å²) in [5.41, 5.74) is 0.505. The number of ether oxygens (including phenoxy) is 1. The molecule has 4 N–H and O–H groups in total. The Labute approximate surface area is 189 Å². The van der Waals surface area contributed by atoms with Gasteiger partial charge in [0.1, 0.15) is 11.5 Å². The van der Waals surface area contributed by atoms with E-state index in [2.05, 4.69) is 43.8 Å². The Morgan fingerprint density at radius 3 is 2.40 bits per heavy atom. The van der Waals surface area contributed by atoms with Crippen molar-refractivity contribution in [2.45, 2.75) is 12.6 Å². The van der Waals surface area contributed by atoms with Crippen molar-refractivity contribution < 1.29 is 34.0 Å². The number of carbonyl (C=O) groups excluding carboxylic acids is 1. The lowest BCUT2D eigenvalue weighted by molar-refractivity contribution is -0.136. The molecule has 0 aliphatic carbocycles. The van der Waals surface area contributed by atoms with Gasteiger partial charge in [-0.05, 0) is 73.6 Å². The number of phenolic OH excluding ortho intramolecular Hbond substituents is 1. The number of hydrogen-bond acceptors (Lipinski definition) is 5. The van der Waals surface area contributed by atoms with Gasteiger partial charge in [-0.25, -0.2) is 0 Å². The maximum Gasteiger partial charge on any atom is 0.305 e. The molecule has 0 spiro atoms. The zero-order valence-electron chi connectivity index (χ0n) is 15.5. The van der Waals surface area contributed by atoms with Crippen LogP contribution in [-0.4, -0.2) is 33.5 Å². The minimum atomic E-state index is -3.48. The fourth-order valence-corrected chi connectivity index (χ4v) is 4.66. The molecule has 2 aromatic carbocycles. The number of phenols is 1. The number of halogens is 2. The van der Waals surface area contributed by atoms with Gasteiger partial charge in [0.25, 0.3) is 5.91 Å². The Morgan fingerprint density at radius 1 is 1.20 bits per heavy atom. The summed E-state index contributed by atoms with van der Waals surface area (Å²) in [6, 6.07) is 7.32. The molecule has 1 amide bonds. The van der Waals surface area contributed by atoms with Gasteiger partial charge in [-0.3, -0.25) is 14.2 Å². The number of carboxylic acids is 1. The Hall–Kier alpha value is -2.13. The lowest BCUT2D eigenvalue weighted by Crippen LogP contribution is -2.26. The highest BCUT2D eigenvalue weighted by Crippen LogP contribution is 2.47. The van der Waals surface area contributed by atoms with Crippen molar-refractivity contribution in [3.8, 4) is 17.2 Å². The van der Waals surface area contributed by atoms with E-state index in [0.29, 0.717) is 20.3 Å². The van der Waals surface area contributed by atoms with Crippen LogP contribution in [0.15, 0.2) is 51.7 Å². The molecule has 0 heterocycles. The number of nitrogens with one attached hydrogen (secondary N) is 1. The van der Waals surface area contributed by atoms with E-state index in [-0.39, 0.29) is 36.2 Å². The van der Waals surface area contributed by atoms with Crippen molar-refractivity contribution in [3.63, 3.8) is 0 Å². The highest BCUT2D eigenvalue weighted by Gasteiger charge is 2.18. The van der Waals surface area contributed by atoms with Gasteiger partial charge < -0.3 is 25.2 Å². The van der Waals surface area contributed by atoms with Crippen LogP contribution in [0.3, 0.4) is 0 Å². The second kappa shape index (κ2) is 10.3. The van der Waals surface area contributed by atoms with E-state index >= 15 is 0 Å². The monoisotopic (exact) mass is 561 g/mol. The topological polar surface area (TPSA) is 133 Å². The average molecular weight is 563 g/mol. The largest absolute Gasteiger partial charge is 0.507 e. The van der Waals surface area contributed by atoms with Gasteiger partial charge in [0.2, 0.25) is 7.37 Å². The van der Waals surface area contributed by atoms with Crippen LogP contribution in [0, 0.1) is 0 Å². The summed E-state index contributed by atoms with van der Waals surface area (Å²) < 4.78 is 18.7. The summed E-state index contributed by atoms with van der Waals surface area (Å²) in [6.45, 7) is 3.27. The van der Waals surface area contributed by atoms with Crippen molar-refractivity contribution in [1.82, 2.24) is 5.32 Å². The summed E-state index contributed by atoms with van der Waals surface area (Å²) in [5, 5.41) is 21.0. The summed E-state index contributed by atoms with van der Waals surface area (Å²) in [6.07, 6.45) is -0.338. The molecule has 0 fully saturated rings. The third-order valence-electron chi connectivity index (χ3n) is 3.81. The number of aliphatic carboxylic acids is 1. The summed E-state index contributed by atoms with van der Waals surface area (Å²) in [7, 11) is -3.48. The minimum Gasteiger partial charge on any atom is -0.507 e. The standard InChI is InChI=1S/C19H18Br2NO7P/c1-2-30(27,28)10-11-7-14(20)18(15(21)8-11)29-12-3-4-16(23)13(9-12)19(26)22-6-5-17(24)25/h2-4,7-9,23H,1,5-6,10H2,(H,22,26)(H,24,25)(H,27,28). The predicted molar refractivity (Wildman–Crippen MR) is 118 cm³/mol. The molecule has 0 aliphatic heterocycles. The molecule has 0 bridgehead atoms. The van der Waals surface area contributed by atoms with E-state index in [1.54, 1.807) is 12.1 Å². The first kappa shape index (κ1) is 24.1. The Morgan fingerprint density at radius 2 is 1.83 bits per heavy atom. The van der Waals surface area contributed by atoms with Gasteiger partial charge in [-0.15, -0.1) is 0 Å². The fraction of sp³-hybridized carbons (Fsp3) is 0.158. The summed E-state index contributed by atoms with van der Waals surface area (Å²) >= 11 is 6.72. The van der Waals surface area contributed by atoms with Crippen LogP contribution in [-0.2, 0) is 15.5 Å². The lowest BCUT2D eigenvalue weighted by Gasteiger charge is -2.14. The van der Waals surface area contributed by atoms with E-state index in [1.165, 1.54) is 18.2 Å². The molecule has 0 radical (unpaired) electrons. The van der Waals surface area contributed by atoms with Crippen molar-refractivity contribution in [1.29, 1.82) is 0 Å². The molecule has 11 heteroatoms. The van der Waals surface area contributed by atoms with E-state index < -0.39 is 19.2 Å². The minimum absolute atomic E-state index is 0.0750. The first-order valence-corrected chi connectivity index (χ1v) is 12.0. The molecule has 0 aliphatic rings. The molecule has 8 nitrogen and oxygen atoms in total. The Bertz CT molecular complexity index is 1020. The summed E-state index contributed by atoms with van der Waals surface area (Å²) in [5.74, 6) is -0.362. The molecule has 160 valence electrons. The van der Waals surface area contributed by atoms with Crippen LogP contribution >= 0.6 is 39.2 Å².